The van der Waals surface area contributed by atoms with Crippen LogP contribution >= 0.6 is 27.3 Å². The quantitative estimate of drug-likeness (QED) is 0.835. The highest BCUT2D eigenvalue weighted by Crippen LogP contribution is 2.28. The number of nitrogen functional groups attached to an aromatic ring is 1. The van der Waals surface area contributed by atoms with E-state index >= 15 is 0 Å². The van der Waals surface area contributed by atoms with E-state index in [-0.39, 0.29) is 15.6 Å². The number of benzene rings is 1. The van der Waals surface area contributed by atoms with E-state index in [2.05, 4.69) is 20.7 Å². The molecule has 0 atom stereocenters. The molecule has 0 aliphatic carbocycles. The van der Waals surface area contributed by atoms with Crippen LogP contribution in [0, 0.1) is 5.82 Å². The van der Waals surface area contributed by atoms with Gasteiger partial charge in [-0.15, -0.1) is 11.3 Å². The monoisotopic (exact) mass is 350 g/mol. The summed E-state index contributed by atoms with van der Waals surface area (Å²) in [6, 6.07) is 6.61. The molecule has 0 aliphatic heterocycles. The molecule has 0 aliphatic rings. The number of hydrogen-bond donors (Lipinski definition) is 2. The lowest BCUT2D eigenvalue weighted by atomic mass is 10.3. The molecule has 2 rings (SSSR count). The van der Waals surface area contributed by atoms with Gasteiger partial charge in [0, 0.05) is 5.69 Å². The first-order valence-electron chi connectivity index (χ1n) is 4.71. The number of rotatable bonds is 3. The van der Waals surface area contributed by atoms with Crippen molar-refractivity contribution in [3.8, 4) is 0 Å². The molecule has 4 nitrogen and oxygen atoms in total. The maximum Gasteiger partial charge on any atom is 0.271 e. The average molecular weight is 351 g/mol. The topological polar surface area (TPSA) is 72.2 Å². The number of nitrogens with two attached hydrogens (primary N) is 1. The Kier molecular flexibility index (Phi) is 3.60. The normalized spacial score (nSPS) is 11.4. The first-order chi connectivity index (χ1) is 8.37. The fraction of sp³-hybridized carbons (Fsp3) is 0. The van der Waals surface area contributed by atoms with Crippen LogP contribution in [0.15, 0.2) is 38.3 Å². The highest BCUT2D eigenvalue weighted by atomic mass is 79.9. The maximum atomic E-state index is 13.1. The maximum absolute atomic E-state index is 13.1. The zero-order valence-corrected chi connectivity index (χ0v) is 12.1. The molecule has 1 heterocycles. The molecule has 0 unspecified atom stereocenters. The first-order valence-corrected chi connectivity index (χ1v) is 7.80. The van der Waals surface area contributed by atoms with Gasteiger partial charge in [-0.05, 0) is 46.3 Å². The van der Waals surface area contributed by atoms with Crippen molar-refractivity contribution in [3.05, 3.63) is 39.9 Å². The zero-order chi connectivity index (χ0) is 13.3. The van der Waals surface area contributed by atoms with Crippen molar-refractivity contribution in [1.29, 1.82) is 0 Å². The lowest BCUT2D eigenvalue weighted by Crippen LogP contribution is -2.11. The number of hydrogen-bond acceptors (Lipinski definition) is 4. The van der Waals surface area contributed by atoms with Gasteiger partial charge < -0.3 is 5.73 Å². The standard InChI is InChI=1S/C10H8BrFN2O2S2/c11-9-1-2-10(17-9)18(15,16)14-8-4-6(12)3-7(13)5-8/h1-5,14H,13H2. The Balaban J connectivity index is 2.33. The van der Waals surface area contributed by atoms with Crippen molar-refractivity contribution in [2.45, 2.75) is 4.21 Å². The van der Waals surface area contributed by atoms with Crippen LogP contribution in [0.5, 0.6) is 0 Å². The van der Waals surface area contributed by atoms with Gasteiger partial charge in [0.25, 0.3) is 10.0 Å². The zero-order valence-electron chi connectivity index (χ0n) is 8.85. The van der Waals surface area contributed by atoms with E-state index in [0.29, 0.717) is 3.79 Å². The van der Waals surface area contributed by atoms with E-state index in [1.54, 1.807) is 6.07 Å². The third-order valence-corrected chi connectivity index (χ3v) is 5.48. The fourth-order valence-corrected chi connectivity index (χ4v) is 4.37. The van der Waals surface area contributed by atoms with Gasteiger partial charge in [-0.2, -0.15) is 0 Å². The molecule has 0 saturated carbocycles. The fourth-order valence-electron chi connectivity index (χ4n) is 1.32. The van der Waals surface area contributed by atoms with Crippen molar-refractivity contribution in [2.24, 2.45) is 0 Å². The number of halogens is 2. The molecule has 3 N–H and O–H groups in total. The molecule has 0 bridgehead atoms. The number of anilines is 2. The van der Waals surface area contributed by atoms with Crippen LogP contribution in [-0.4, -0.2) is 8.42 Å². The van der Waals surface area contributed by atoms with Gasteiger partial charge in [-0.3, -0.25) is 4.72 Å². The van der Waals surface area contributed by atoms with Gasteiger partial charge in [0.1, 0.15) is 10.0 Å². The van der Waals surface area contributed by atoms with Gasteiger partial charge in [-0.25, -0.2) is 12.8 Å². The SMILES string of the molecule is Nc1cc(F)cc(NS(=O)(=O)c2ccc(Br)s2)c1. The minimum Gasteiger partial charge on any atom is -0.399 e. The van der Waals surface area contributed by atoms with Crippen LogP contribution < -0.4 is 10.5 Å². The van der Waals surface area contributed by atoms with Gasteiger partial charge in [0.2, 0.25) is 0 Å². The van der Waals surface area contributed by atoms with Crippen LogP contribution in [0.2, 0.25) is 0 Å². The van der Waals surface area contributed by atoms with Gasteiger partial charge >= 0.3 is 0 Å². The van der Waals surface area contributed by atoms with E-state index in [9.17, 15) is 12.8 Å². The minimum atomic E-state index is -3.71. The highest BCUT2D eigenvalue weighted by molar-refractivity contribution is 9.11. The van der Waals surface area contributed by atoms with E-state index in [1.807, 2.05) is 0 Å². The predicted octanol–water partition coefficient (Wildman–Crippen LogP) is 3.03. The molecular weight excluding hydrogens is 343 g/mol. The summed E-state index contributed by atoms with van der Waals surface area (Å²) in [7, 11) is -3.71. The van der Waals surface area contributed by atoms with Crippen molar-refractivity contribution in [3.63, 3.8) is 0 Å². The lowest BCUT2D eigenvalue weighted by molar-refractivity contribution is 0.603. The van der Waals surface area contributed by atoms with E-state index < -0.39 is 15.8 Å². The molecule has 1 aromatic carbocycles. The van der Waals surface area contributed by atoms with Crippen molar-refractivity contribution in [1.82, 2.24) is 0 Å². The second-order valence-electron chi connectivity index (χ2n) is 3.44. The summed E-state index contributed by atoms with van der Waals surface area (Å²) in [6.07, 6.45) is 0. The summed E-state index contributed by atoms with van der Waals surface area (Å²) >= 11 is 4.24. The largest absolute Gasteiger partial charge is 0.399 e. The second kappa shape index (κ2) is 4.87. The second-order valence-corrected chi connectivity index (χ2v) is 7.81. The van der Waals surface area contributed by atoms with E-state index in [0.717, 1.165) is 23.5 Å². The average Bonchev–Trinajstić information content (AvgIpc) is 2.62. The van der Waals surface area contributed by atoms with E-state index in [1.165, 1.54) is 12.1 Å². The van der Waals surface area contributed by atoms with Crippen molar-refractivity contribution in [2.75, 3.05) is 10.5 Å². The third kappa shape index (κ3) is 3.01. The Labute approximate surface area is 116 Å². The molecule has 0 radical (unpaired) electrons. The van der Waals surface area contributed by atoms with Crippen molar-refractivity contribution >= 4 is 48.7 Å². The molecule has 0 saturated heterocycles. The van der Waals surface area contributed by atoms with E-state index in [4.69, 9.17) is 5.73 Å². The molecule has 0 fully saturated rings. The summed E-state index contributed by atoms with van der Waals surface area (Å²) in [5.41, 5.74) is 5.69. The minimum absolute atomic E-state index is 0.0945. The van der Waals surface area contributed by atoms with Gasteiger partial charge in [0.15, 0.2) is 0 Å². The summed E-state index contributed by atoms with van der Waals surface area (Å²) in [4.78, 5) is 0. The van der Waals surface area contributed by atoms with Gasteiger partial charge in [-0.1, -0.05) is 0 Å². The smallest absolute Gasteiger partial charge is 0.271 e. The summed E-state index contributed by atoms with van der Waals surface area (Å²) in [5, 5.41) is 0. The Morgan fingerprint density at radius 2 is 2.00 bits per heavy atom. The molecule has 8 heteroatoms. The summed E-state index contributed by atoms with van der Waals surface area (Å²) in [6.45, 7) is 0. The Bertz CT molecular complexity index is 665. The molecule has 18 heavy (non-hydrogen) atoms. The lowest BCUT2D eigenvalue weighted by Gasteiger charge is -2.07. The van der Waals surface area contributed by atoms with Crippen LogP contribution in [0.25, 0.3) is 0 Å². The highest BCUT2D eigenvalue weighted by Gasteiger charge is 2.17. The van der Waals surface area contributed by atoms with Crippen LogP contribution in [0.1, 0.15) is 0 Å². The molecule has 0 amide bonds. The Morgan fingerprint density at radius 1 is 1.28 bits per heavy atom. The van der Waals surface area contributed by atoms with Crippen LogP contribution in [0.4, 0.5) is 15.8 Å². The number of thiophene rings is 1. The van der Waals surface area contributed by atoms with Crippen LogP contribution in [0.3, 0.4) is 0 Å². The Morgan fingerprint density at radius 3 is 2.56 bits per heavy atom. The van der Waals surface area contributed by atoms with Crippen molar-refractivity contribution < 1.29 is 12.8 Å². The Hall–Kier alpha value is -1.12. The summed E-state index contributed by atoms with van der Waals surface area (Å²) < 4.78 is 40.1. The molecule has 2 aromatic rings. The third-order valence-electron chi connectivity index (χ3n) is 1.99. The molecular formula is C10H8BrFN2O2S2. The number of nitrogens with one attached hydrogen (secondary N) is 1. The molecule has 96 valence electrons. The predicted molar refractivity (Wildman–Crippen MR) is 73.6 cm³/mol. The van der Waals surface area contributed by atoms with Gasteiger partial charge in [0.05, 0.1) is 9.47 Å². The molecule has 0 spiro atoms. The summed E-state index contributed by atoms with van der Waals surface area (Å²) in [5.74, 6) is -0.597. The number of sulfonamides is 1. The molecule has 1 aromatic heterocycles. The van der Waals surface area contributed by atoms with Crippen LogP contribution in [-0.2, 0) is 10.0 Å². The first kappa shape index (κ1) is 13.3.